The van der Waals surface area contributed by atoms with E-state index >= 15 is 0 Å². The van der Waals surface area contributed by atoms with Gasteiger partial charge in [0.05, 0.1) is 18.1 Å². The second kappa shape index (κ2) is 9.09. The third kappa shape index (κ3) is 5.77. The average Bonchev–Trinajstić information content (AvgIpc) is 2.96. The van der Waals surface area contributed by atoms with Gasteiger partial charge < -0.3 is 15.0 Å². The molecule has 0 aliphatic carbocycles. The van der Waals surface area contributed by atoms with Crippen LogP contribution < -0.4 is 5.32 Å². The zero-order chi connectivity index (χ0) is 19.2. The summed E-state index contributed by atoms with van der Waals surface area (Å²) in [5, 5.41) is 2.53. The first-order valence-electron chi connectivity index (χ1n) is 8.35. The number of carbonyl (C=O) groups is 2. The maximum Gasteiger partial charge on any atom is 0.312 e. The van der Waals surface area contributed by atoms with E-state index in [0.717, 1.165) is 5.56 Å². The van der Waals surface area contributed by atoms with Crippen LogP contribution in [0.25, 0.3) is 0 Å². The van der Waals surface area contributed by atoms with Crippen molar-refractivity contribution in [3.8, 4) is 0 Å². The average molecular weight is 386 g/mol. The normalized spacial score (nSPS) is 18.5. The molecule has 1 N–H and O–H groups in total. The molecule has 1 fully saturated rings. The van der Waals surface area contributed by atoms with Crippen LogP contribution in [0, 0.1) is 5.82 Å². The lowest BCUT2D eigenvalue weighted by molar-refractivity contribution is -0.147. The van der Waals surface area contributed by atoms with E-state index in [-0.39, 0.29) is 37.0 Å². The fourth-order valence-electron chi connectivity index (χ4n) is 2.84. The number of hydrogen-bond donors (Lipinski definition) is 1. The topological polar surface area (TPSA) is 92.8 Å². The first-order chi connectivity index (χ1) is 12.3. The summed E-state index contributed by atoms with van der Waals surface area (Å²) in [6.07, 6.45) is 0.774. The Balaban J connectivity index is 1.91. The minimum atomic E-state index is -3.18. The van der Waals surface area contributed by atoms with Gasteiger partial charge in [-0.3, -0.25) is 9.59 Å². The smallest absolute Gasteiger partial charge is 0.312 e. The van der Waals surface area contributed by atoms with Crippen molar-refractivity contribution in [1.82, 2.24) is 10.2 Å². The maximum absolute atomic E-state index is 12.9. The molecule has 0 aromatic heterocycles. The molecule has 1 heterocycles. The minimum Gasteiger partial charge on any atom is -0.383 e. The van der Waals surface area contributed by atoms with Crippen LogP contribution in [0.15, 0.2) is 24.3 Å². The molecule has 2 amide bonds. The van der Waals surface area contributed by atoms with Crippen molar-refractivity contribution in [3.05, 3.63) is 35.6 Å². The summed E-state index contributed by atoms with van der Waals surface area (Å²) < 4.78 is 41.2. The molecule has 0 radical (unpaired) electrons. The monoisotopic (exact) mass is 386 g/mol. The molecule has 1 aromatic rings. The third-order valence-corrected chi connectivity index (χ3v) is 6.00. The second-order valence-electron chi connectivity index (χ2n) is 6.18. The van der Waals surface area contributed by atoms with E-state index in [9.17, 15) is 22.4 Å². The van der Waals surface area contributed by atoms with Gasteiger partial charge >= 0.3 is 11.8 Å². The number of halogens is 1. The Morgan fingerprint density at radius 2 is 2.00 bits per heavy atom. The molecule has 144 valence electrons. The van der Waals surface area contributed by atoms with Crippen molar-refractivity contribution >= 4 is 21.7 Å². The van der Waals surface area contributed by atoms with Crippen LogP contribution in [0.3, 0.4) is 0 Å². The number of amides is 2. The van der Waals surface area contributed by atoms with Gasteiger partial charge in [-0.05, 0) is 30.5 Å². The first kappa shape index (κ1) is 20.3. The lowest BCUT2D eigenvalue weighted by Gasteiger charge is -2.27. The van der Waals surface area contributed by atoms with Gasteiger partial charge in [0.1, 0.15) is 5.82 Å². The molecule has 1 unspecified atom stereocenters. The molecular formula is C17H23FN2O5S. The second-order valence-corrected chi connectivity index (χ2v) is 8.41. The van der Waals surface area contributed by atoms with Crippen LogP contribution in [0.4, 0.5) is 4.39 Å². The quantitative estimate of drug-likeness (QED) is 0.674. The molecule has 0 saturated carbocycles. The fourth-order valence-corrected chi connectivity index (χ4v) is 4.57. The molecule has 9 heteroatoms. The molecule has 1 saturated heterocycles. The Hall–Kier alpha value is -2.00. The van der Waals surface area contributed by atoms with Crippen molar-refractivity contribution < 1.29 is 27.1 Å². The van der Waals surface area contributed by atoms with Gasteiger partial charge in [0.15, 0.2) is 9.84 Å². The standard InChI is InChI=1S/C17H23FN2O5S/c1-25-10-9-20(15-7-11-26(23,24)12-15)17(22)16(21)19-8-6-13-2-4-14(18)5-3-13/h2-5,15H,6-12H2,1H3,(H,19,21). The van der Waals surface area contributed by atoms with Crippen LogP contribution in [0.2, 0.25) is 0 Å². The zero-order valence-corrected chi connectivity index (χ0v) is 15.4. The van der Waals surface area contributed by atoms with Crippen molar-refractivity contribution in [1.29, 1.82) is 0 Å². The third-order valence-electron chi connectivity index (χ3n) is 4.25. The molecule has 1 aliphatic heterocycles. The highest BCUT2D eigenvalue weighted by Gasteiger charge is 2.36. The summed E-state index contributed by atoms with van der Waals surface area (Å²) in [4.78, 5) is 25.9. The fraction of sp³-hybridized carbons (Fsp3) is 0.529. The molecule has 1 atom stereocenters. The van der Waals surface area contributed by atoms with Gasteiger partial charge in [-0.2, -0.15) is 0 Å². The van der Waals surface area contributed by atoms with Crippen LogP contribution in [-0.2, 0) is 30.6 Å². The molecule has 1 aliphatic rings. The maximum atomic E-state index is 12.9. The number of nitrogens with one attached hydrogen (secondary N) is 1. The Labute approximate surface area is 152 Å². The molecule has 26 heavy (non-hydrogen) atoms. The van der Waals surface area contributed by atoms with E-state index < -0.39 is 27.7 Å². The van der Waals surface area contributed by atoms with Crippen molar-refractivity contribution in [2.45, 2.75) is 18.9 Å². The molecular weight excluding hydrogens is 363 g/mol. The van der Waals surface area contributed by atoms with Crippen molar-refractivity contribution in [3.63, 3.8) is 0 Å². The largest absolute Gasteiger partial charge is 0.383 e. The van der Waals surface area contributed by atoms with E-state index in [4.69, 9.17) is 4.74 Å². The van der Waals surface area contributed by atoms with Gasteiger partial charge in [-0.15, -0.1) is 0 Å². The predicted molar refractivity (Wildman–Crippen MR) is 93.8 cm³/mol. The number of hydrogen-bond acceptors (Lipinski definition) is 5. The van der Waals surface area contributed by atoms with Crippen LogP contribution in [0.5, 0.6) is 0 Å². The van der Waals surface area contributed by atoms with Crippen LogP contribution in [-0.4, -0.2) is 69.5 Å². The molecule has 7 nitrogen and oxygen atoms in total. The van der Waals surface area contributed by atoms with E-state index in [1.54, 1.807) is 12.1 Å². The molecule has 1 aromatic carbocycles. The summed E-state index contributed by atoms with van der Waals surface area (Å²) >= 11 is 0. The van der Waals surface area contributed by atoms with E-state index in [1.165, 1.54) is 24.1 Å². The number of benzene rings is 1. The first-order valence-corrected chi connectivity index (χ1v) is 10.2. The van der Waals surface area contributed by atoms with Crippen LogP contribution >= 0.6 is 0 Å². The highest BCUT2D eigenvalue weighted by molar-refractivity contribution is 7.91. The van der Waals surface area contributed by atoms with E-state index in [0.29, 0.717) is 12.8 Å². The minimum absolute atomic E-state index is 0.0145. The van der Waals surface area contributed by atoms with Crippen LogP contribution in [0.1, 0.15) is 12.0 Å². The van der Waals surface area contributed by atoms with Gasteiger partial charge in [-0.25, -0.2) is 12.8 Å². The SMILES string of the molecule is COCCN(C(=O)C(=O)NCCc1ccc(F)cc1)C1CCS(=O)(=O)C1. The van der Waals surface area contributed by atoms with E-state index in [1.807, 2.05) is 0 Å². The summed E-state index contributed by atoms with van der Waals surface area (Å²) in [5.74, 6) is -2.00. The highest BCUT2D eigenvalue weighted by atomic mass is 32.2. The summed E-state index contributed by atoms with van der Waals surface area (Å²) in [7, 11) is -1.71. The van der Waals surface area contributed by atoms with E-state index in [2.05, 4.69) is 5.32 Å². The van der Waals surface area contributed by atoms with Gasteiger partial charge in [0, 0.05) is 26.2 Å². The predicted octanol–water partition coefficient (Wildman–Crippen LogP) is 0.147. The molecule has 2 rings (SSSR count). The number of carbonyl (C=O) groups excluding carboxylic acids is 2. The molecule has 0 spiro atoms. The van der Waals surface area contributed by atoms with Crippen molar-refractivity contribution in [2.75, 3.05) is 38.3 Å². The number of nitrogens with zero attached hydrogens (tertiary/aromatic N) is 1. The lowest BCUT2D eigenvalue weighted by Crippen LogP contribution is -2.50. The van der Waals surface area contributed by atoms with Gasteiger partial charge in [-0.1, -0.05) is 12.1 Å². The zero-order valence-electron chi connectivity index (χ0n) is 14.6. The highest BCUT2D eigenvalue weighted by Crippen LogP contribution is 2.18. The number of sulfone groups is 1. The number of ether oxygens (including phenoxy) is 1. The Morgan fingerprint density at radius 3 is 2.58 bits per heavy atom. The van der Waals surface area contributed by atoms with Gasteiger partial charge in [0.25, 0.3) is 0 Å². The number of rotatable bonds is 7. The molecule has 0 bridgehead atoms. The summed E-state index contributed by atoms with van der Waals surface area (Å²) in [5.41, 5.74) is 0.831. The summed E-state index contributed by atoms with van der Waals surface area (Å²) in [6.45, 7) is 0.587. The van der Waals surface area contributed by atoms with Gasteiger partial charge in [0.2, 0.25) is 0 Å². The summed E-state index contributed by atoms with van der Waals surface area (Å²) in [6, 6.07) is 5.37. The Bertz CT molecular complexity index is 736. The Morgan fingerprint density at radius 1 is 1.31 bits per heavy atom. The Kier molecular flexibility index (Phi) is 7.10. The van der Waals surface area contributed by atoms with Crippen molar-refractivity contribution in [2.24, 2.45) is 0 Å². The lowest BCUT2D eigenvalue weighted by atomic mass is 10.1. The number of methoxy groups -OCH3 is 1.